The second-order valence-corrected chi connectivity index (χ2v) is 4.01. The number of rotatable bonds is 7. The van der Waals surface area contributed by atoms with Gasteiger partial charge in [0.1, 0.15) is 6.61 Å². The summed E-state index contributed by atoms with van der Waals surface area (Å²) < 4.78 is 10.6. The van der Waals surface area contributed by atoms with Gasteiger partial charge in [-0.15, -0.1) is 0 Å². The van der Waals surface area contributed by atoms with Crippen molar-refractivity contribution >= 4 is 5.97 Å². The number of carboxylic acid groups (broad SMARTS) is 1. The monoisotopic (exact) mass is 239 g/mol. The fourth-order valence-electron chi connectivity index (χ4n) is 1.12. The van der Waals surface area contributed by atoms with Gasteiger partial charge in [-0.05, 0) is 12.0 Å². The van der Waals surface area contributed by atoms with E-state index in [0.29, 0.717) is 31.6 Å². The average molecular weight is 239 g/mol. The minimum atomic E-state index is -0.996. The maximum absolute atomic E-state index is 10.6. The zero-order chi connectivity index (χ0) is 12.7. The van der Waals surface area contributed by atoms with E-state index < -0.39 is 5.97 Å². The highest BCUT2D eigenvalue weighted by atomic mass is 16.5. The maximum Gasteiger partial charge on any atom is 0.337 e. The highest BCUT2D eigenvalue weighted by Gasteiger charge is 2.03. The smallest absolute Gasteiger partial charge is 0.337 e. The third-order valence-electron chi connectivity index (χ3n) is 1.91. The summed E-state index contributed by atoms with van der Waals surface area (Å²) in [5, 5.41) is 8.67. The summed E-state index contributed by atoms with van der Waals surface area (Å²) in [5.74, 6) is -0.0876. The molecule has 1 heterocycles. The summed E-state index contributed by atoms with van der Waals surface area (Å²) in [6.45, 7) is 5.77. The van der Waals surface area contributed by atoms with Gasteiger partial charge in [-0.3, -0.25) is 0 Å². The molecule has 1 aromatic rings. The minimum absolute atomic E-state index is 0.147. The number of carbonyl (C=O) groups is 1. The Bertz CT molecular complexity index is 348. The third-order valence-corrected chi connectivity index (χ3v) is 1.91. The summed E-state index contributed by atoms with van der Waals surface area (Å²) in [4.78, 5) is 14.4. The second-order valence-electron chi connectivity index (χ2n) is 4.01. The molecule has 0 bridgehead atoms. The van der Waals surface area contributed by atoms with E-state index in [1.54, 1.807) is 0 Å². The lowest BCUT2D eigenvalue weighted by molar-refractivity contribution is 0.0695. The summed E-state index contributed by atoms with van der Waals surface area (Å²) in [5.41, 5.74) is 0.147. The Balaban J connectivity index is 2.25. The summed E-state index contributed by atoms with van der Waals surface area (Å²) >= 11 is 0. The van der Waals surface area contributed by atoms with Crippen molar-refractivity contribution in [3.63, 3.8) is 0 Å². The first-order chi connectivity index (χ1) is 8.09. The molecule has 1 N–H and O–H groups in total. The van der Waals surface area contributed by atoms with Gasteiger partial charge in [-0.1, -0.05) is 13.8 Å². The average Bonchev–Trinajstić information content (AvgIpc) is 2.29. The van der Waals surface area contributed by atoms with Crippen LogP contribution in [0.15, 0.2) is 18.3 Å². The summed E-state index contributed by atoms with van der Waals surface area (Å²) in [6.07, 6.45) is 1.27. The van der Waals surface area contributed by atoms with Crippen molar-refractivity contribution in [2.45, 2.75) is 13.8 Å². The van der Waals surface area contributed by atoms with Gasteiger partial charge in [0.2, 0.25) is 5.88 Å². The predicted octanol–water partition coefficient (Wildman–Crippen LogP) is 1.83. The first-order valence-corrected chi connectivity index (χ1v) is 5.49. The molecule has 5 nitrogen and oxygen atoms in total. The lowest BCUT2D eigenvalue weighted by Crippen LogP contribution is -2.10. The van der Waals surface area contributed by atoms with Crippen molar-refractivity contribution in [3.8, 4) is 5.88 Å². The molecule has 5 heteroatoms. The molecule has 0 unspecified atom stereocenters. The molecule has 0 saturated heterocycles. The first-order valence-electron chi connectivity index (χ1n) is 5.49. The Kier molecular flexibility index (Phi) is 5.42. The molecule has 0 amide bonds. The van der Waals surface area contributed by atoms with Gasteiger partial charge < -0.3 is 14.6 Å². The maximum atomic E-state index is 10.6. The molecule has 0 saturated carbocycles. The molecule has 17 heavy (non-hydrogen) atoms. The molecular weight excluding hydrogens is 222 g/mol. The van der Waals surface area contributed by atoms with Gasteiger partial charge in [0.05, 0.1) is 12.2 Å². The van der Waals surface area contributed by atoms with E-state index in [9.17, 15) is 4.79 Å². The van der Waals surface area contributed by atoms with Gasteiger partial charge in [-0.25, -0.2) is 9.78 Å². The molecule has 1 aromatic heterocycles. The number of aromatic carboxylic acids is 1. The van der Waals surface area contributed by atoms with Crippen LogP contribution in [-0.2, 0) is 4.74 Å². The molecule has 0 aromatic carbocycles. The Morgan fingerprint density at radius 1 is 1.41 bits per heavy atom. The molecule has 0 spiro atoms. The van der Waals surface area contributed by atoms with Gasteiger partial charge in [0.15, 0.2) is 0 Å². The van der Waals surface area contributed by atoms with Crippen LogP contribution in [0.1, 0.15) is 24.2 Å². The highest BCUT2D eigenvalue weighted by molar-refractivity contribution is 5.87. The molecule has 0 aliphatic carbocycles. The number of pyridine rings is 1. The summed E-state index contributed by atoms with van der Waals surface area (Å²) in [7, 11) is 0. The van der Waals surface area contributed by atoms with Crippen molar-refractivity contribution < 1.29 is 19.4 Å². The van der Waals surface area contributed by atoms with Crippen molar-refractivity contribution in [3.05, 3.63) is 23.9 Å². The van der Waals surface area contributed by atoms with E-state index in [2.05, 4.69) is 18.8 Å². The van der Waals surface area contributed by atoms with Crippen LogP contribution in [0.25, 0.3) is 0 Å². The third kappa shape index (κ3) is 5.31. The van der Waals surface area contributed by atoms with Crippen molar-refractivity contribution in [1.29, 1.82) is 0 Å². The number of nitrogens with zero attached hydrogens (tertiary/aromatic N) is 1. The minimum Gasteiger partial charge on any atom is -0.478 e. The van der Waals surface area contributed by atoms with Crippen LogP contribution in [0, 0.1) is 5.92 Å². The molecule has 94 valence electrons. The van der Waals surface area contributed by atoms with E-state index in [-0.39, 0.29) is 5.56 Å². The zero-order valence-electron chi connectivity index (χ0n) is 10.0. The Labute approximate surface area is 100 Å². The van der Waals surface area contributed by atoms with Crippen molar-refractivity contribution in [2.24, 2.45) is 5.92 Å². The lowest BCUT2D eigenvalue weighted by atomic mass is 10.2. The predicted molar refractivity (Wildman–Crippen MR) is 62.3 cm³/mol. The van der Waals surface area contributed by atoms with Crippen LogP contribution in [0.5, 0.6) is 5.88 Å². The molecular formula is C12H17NO4. The zero-order valence-corrected chi connectivity index (χ0v) is 10.0. The molecule has 0 radical (unpaired) electrons. The van der Waals surface area contributed by atoms with Crippen LogP contribution in [0.3, 0.4) is 0 Å². The molecule has 0 fully saturated rings. The van der Waals surface area contributed by atoms with Gasteiger partial charge in [0, 0.05) is 18.9 Å². The topological polar surface area (TPSA) is 68.7 Å². The normalized spacial score (nSPS) is 10.5. The number of ether oxygens (including phenoxy) is 2. The molecule has 1 rings (SSSR count). The molecule has 0 atom stereocenters. The number of hydrogen-bond donors (Lipinski definition) is 1. The standard InChI is InChI=1S/C12H17NO4/c1-9(2)8-16-5-6-17-11-4-3-10(7-13-11)12(14)15/h3-4,7,9H,5-6,8H2,1-2H3,(H,14,15). The van der Waals surface area contributed by atoms with Crippen molar-refractivity contribution in [2.75, 3.05) is 19.8 Å². The van der Waals surface area contributed by atoms with Crippen molar-refractivity contribution in [1.82, 2.24) is 4.98 Å². The Morgan fingerprint density at radius 2 is 2.18 bits per heavy atom. The second kappa shape index (κ2) is 6.85. The van der Waals surface area contributed by atoms with E-state index in [4.69, 9.17) is 14.6 Å². The number of hydrogen-bond acceptors (Lipinski definition) is 4. The number of carboxylic acids is 1. The van der Waals surface area contributed by atoms with Crippen LogP contribution in [0.4, 0.5) is 0 Å². The van der Waals surface area contributed by atoms with E-state index in [1.807, 2.05) is 0 Å². The number of aromatic nitrogens is 1. The Morgan fingerprint density at radius 3 is 2.71 bits per heavy atom. The highest BCUT2D eigenvalue weighted by Crippen LogP contribution is 2.07. The largest absolute Gasteiger partial charge is 0.478 e. The van der Waals surface area contributed by atoms with Gasteiger partial charge >= 0.3 is 5.97 Å². The summed E-state index contributed by atoms with van der Waals surface area (Å²) in [6, 6.07) is 2.99. The van der Waals surface area contributed by atoms with Crippen LogP contribution in [-0.4, -0.2) is 35.9 Å². The Hall–Kier alpha value is -1.62. The SMILES string of the molecule is CC(C)COCCOc1ccc(C(=O)O)cn1. The van der Waals surface area contributed by atoms with E-state index in [1.165, 1.54) is 18.3 Å². The van der Waals surface area contributed by atoms with Crippen LogP contribution >= 0.6 is 0 Å². The first kappa shape index (κ1) is 13.4. The van der Waals surface area contributed by atoms with E-state index >= 15 is 0 Å². The van der Waals surface area contributed by atoms with Crippen LogP contribution in [0.2, 0.25) is 0 Å². The van der Waals surface area contributed by atoms with Crippen LogP contribution < -0.4 is 4.74 Å². The van der Waals surface area contributed by atoms with Gasteiger partial charge in [0.25, 0.3) is 0 Å². The fraction of sp³-hybridized carbons (Fsp3) is 0.500. The quantitative estimate of drug-likeness (QED) is 0.735. The molecule has 0 aliphatic heterocycles. The molecule has 0 aliphatic rings. The lowest BCUT2D eigenvalue weighted by Gasteiger charge is -2.08. The van der Waals surface area contributed by atoms with E-state index in [0.717, 1.165) is 0 Å². The van der Waals surface area contributed by atoms with Gasteiger partial charge in [-0.2, -0.15) is 0 Å². The fourth-order valence-corrected chi connectivity index (χ4v) is 1.12.